The van der Waals surface area contributed by atoms with E-state index in [9.17, 15) is 9.18 Å². The summed E-state index contributed by atoms with van der Waals surface area (Å²) in [5.74, 6) is -0.0453. The Morgan fingerprint density at radius 2 is 1.76 bits per heavy atom. The van der Waals surface area contributed by atoms with Crippen molar-refractivity contribution in [3.05, 3.63) is 89.1 Å². The maximum Gasteiger partial charge on any atom is 0.371 e. The molecule has 0 atom stereocenters. The van der Waals surface area contributed by atoms with E-state index in [2.05, 4.69) is 0 Å². The van der Waals surface area contributed by atoms with Crippen LogP contribution in [0.1, 0.15) is 27.4 Å². The van der Waals surface area contributed by atoms with E-state index in [1.807, 2.05) is 24.3 Å². The second kappa shape index (κ2) is 7.66. The molecule has 2 aromatic carbocycles. The average Bonchev–Trinajstić information content (AvgIpc) is 3.09. The van der Waals surface area contributed by atoms with Crippen LogP contribution in [-0.4, -0.2) is 11.1 Å². The van der Waals surface area contributed by atoms with Gasteiger partial charge < -0.3 is 14.3 Å². The highest BCUT2D eigenvalue weighted by Gasteiger charge is 2.10. The predicted molar refractivity (Wildman–Crippen MR) is 90.2 cm³/mol. The Morgan fingerprint density at radius 1 is 1.00 bits per heavy atom. The summed E-state index contributed by atoms with van der Waals surface area (Å²) in [6, 6.07) is 17.0. The molecule has 0 amide bonds. The minimum absolute atomic E-state index is 0.0594. The molecule has 0 aliphatic heterocycles. The zero-order chi connectivity index (χ0) is 17.6. The number of hydrogen-bond acceptors (Lipinski definition) is 3. The highest BCUT2D eigenvalue weighted by Crippen LogP contribution is 2.22. The molecule has 1 heterocycles. The number of carbonyl (C=O) groups is 1. The van der Waals surface area contributed by atoms with E-state index in [1.165, 1.54) is 18.2 Å². The number of carboxylic acid groups (broad SMARTS) is 1. The van der Waals surface area contributed by atoms with Crippen molar-refractivity contribution < 1.29 is 23.4 Å². The predicted octanol–water partition coefficient (Wildman–Crippen LogP) is 4.48. The largest absolute Gasteiger partial charge is 0.489 e. The van der Waals surface area contributed by atoms with Crippen molar-refractivity contribution in [3.8, 4) is 5.75 Å². The van der Waals surface area contributed by atoms with E-state index in [0.717, 1.165) is 16.9 Å². The first-order valence-electron chi connectivity index (χ1n) is 7.89. The number of carboxylic acids is 1. The number of para-hydroxylation sites is 1. The summed E-state index contributed by atoms with van der Waals surface area (Å²) in [5, 5.41) is 8.89. The van der Waals surface area contributed by atoms with Crippen LogP contribution < -0.4 is 4.74 Å². The molecule has 0 saturated heterocycles. The fourth-order valence-corrected chi connectivity index (χ4v) is 2.48. The summed E-state index contributed by atoms with van der Waals surface area (Å²) in [6.07, 6.45) is 1.23. The van der Waals surface area contributed by atoms with Crippen molar-refractivity contribution in [2.75, 3.05) is 0 Å². The van der Waals surface area contributed by atoms with Crippen molar-refractivity contribution in [1.82, 2.24) is 0 Å². The van der Waals surface area contributed by atoms with Crippen LogP contribution in [0.2, 0.25) is 0 Å². The average molecular weight is 340 g/mol. The molecule has 128 valence electrons. The Balaban J connectivity index is 1.63. The summed E-state index contributed by atoms with van der Waals surface area (Å²) in [4.78, 5) is 10.8. The van der Waals surface area contributed by atoms with Gasteiger partial charge in [0.15, 0.2) is 0 Å². The Kier molecular flexibility index (Phi) is 5.14. The summed E-state index contributed by atoms with van der Waals surface area (Å²) < 4.78 is 24.1. The van der Waals surface area contributed by atoms with Crippen molar-refractivity contribution in [3.63, 3.8) is 0 Å². The Labute approximate surface area is 144 Å². The van der Waals surface area contributed by atoms with E-state index in [-0.39, 0.29) is 11.6 Å². The van der Waals surface area contributed by atoms with E-state index in [4.69, 9.17) is 14.3 Å². The van der Waals surface area contributed by atoms with Crippen LogP contribution in [0.15, 0.2) is 65.1 Å². The van der Waals surface area contributed by atoms with Gasteiger partial charge in [0.05, 0.1) is 0 Å². The maximum absolute atomic E-state index is 12.9. The number of aromatic carboxylic acids is 1. The lowest BCUT2D eigenvalue weighted by molar-refractivity contribution is 0.0660. The lowest BCUT2D eigenvalue weighted by Gasteiger charge is -2.11. The van der Waals surface area contributed by atoms with Gasteiger partial charge in [0.1, 0.15) is 23.9 Å². The number of aryl methyl sites for hydroxylation is 2. The van der Waals surface area contributed by atoms with E-state index >= 15 is 0 Å². The first kappa shape index (κ1) is 16.8. The fraction of sp³-hybridized carbons (Fsp3) is 0.150. The monoisotopic (exact) mass is 340 g/mol. The van der Waals surface area contributed by atoms with Crippen LogP contribution in [0.25, 0.3) is 0 Å². The molecule has 1 aromatic heterocycles. The molecule has 0 aliphatic rings. The molecule has 0 spiro atoms. The van der Waals surface area contributed by atoms with Gasteiger partial charge in [-0.15, -0.1) is 0 Å². The minimum Gasteiger partial charge on any atom is -0.489 e. The fourth-order valence-electron chi connectivity index (χ4n) is 2.48. The van der Waals surface area contributed by atoms with Crippen molar-refractivity contribution >= 4 is 5.97 Å². The molecule has 0 unspecified atom stereocenters. The van der Waals surface area contributed by atoms with E-state index in [0.29, 0.717) is 25.2 Å². The Morgan fingerprint density at radius 3 is 2.48 bits per heavy atom. The lowest BCUT2D eigenvalue weighted by atomic mass is 10.1. The molecule has 4 nitrogen and oxygen atoms in total. The molecule has 0 bridgehead atoms. The van der Waals surface area contributed by atoms with Crippen molar-refractivity contribution in [1.29, 1.82) is 0 Å². The van der Waals surface area contributed by atoms with Gasteiger partial charge in [-0.3, -0.25) is 0 Å². The van der Waals surface area contributed by atoms with Gasteiger partial charge >= 0.3 is 5.97 Å². The number of hydrogen-bond donors (Lipinski definition) is 1. The molecule has 0 radical (unpaired) electrons. The van der Waals surface area contributed by atoms with Gasteiger partial charge in [0, 0.05) is 6.42 Å². The summed E-state index contributed by atoms with van der Waals surface area (Å²) in [5.41, 5.74) is 1.88. The van der Waals surface area contributed by atoms with Crippen LogP contribution >= 0.6 is 0 Å². The van der Waals surface area contributed by atoms with Crippen LogP contribution in [-0.2, 0) is 19.4 Å². The van der Waals surface area contributed by atoms with Gasteiger partial charge in [0.2, 0.25) is 5.76 Å². The molecule has 3 aromatic rings. The zero-order valence-corrected chi connectivity index (χ0v) is 13.4. The van der Waals surface area contributed by atoms with Gasteiger partial charge in [0.25, 0.3) is 0 Å². The standard InChI is InChI=1S/C20H17FO4/c21-16-8-5-14(6-9-16)13-24-18-4-2-1-3-15(18)7-10-17-11-12-19(25-17)20(22)23/h1-6,8-9,11-12H,7,10,13H2,(H,22,23). The number of ether oxygens (including phenoxy) is 1. The first-order chi connectivity index (χ1) is 12.1. The molecule has 0 fully saturated rings. The van der Waals surface area contributed by atoms with E-state index in [1.54, 1.807) is 18.2 Å². The zero-order valence-electron chi connectivity index (χ0n) is 13.4. The Bertz CT molecular complexity index is 852. The number of halogens is 1. The van der Waals surface area contributed by atoms with Gasteiger partial charge in [-0.05, 0) is 47.9 Å². The molecule has 0 aliphatic carbocycles. The molecular formula is C20H17FO4. The molecule has 5 heteroatoms. The SMILES string of the molecule is O=C(O)c1ccc(CCc2ccccc2OCc2ccc(F)cc2)o1. The van der Waals surface area contributed by atoms with Gasteiger partial charge in [-0.1, -0.05) is 30.3 Å². The van der Waals surface area contributed by atoms with Crippen LogP contribution in [0, 0.1) is 5.82 Å². The van der Waals surface area contributed by atoms with Crippen molar-refractivity contribution in [2.24, 2.45) is 0 Å². The highest BCUT2D eigenvalue weighted by atomic mass is 19.1. The Hall–Kier alpha value is -3.08. The lowest BCUT2D eigenvalue weighted by Crippen LogP contribution is -2.00. The molecule has 1 N–H and O–H groups in total. The summed E-state index contributed by atoms with van der Waals surface area (Å²) >= 11 is 0. The van der Waals surface area contributed by atoms with Crippen molar-refractivity contribution in [2.45, 2.75) is 19.4 Å². The van der Waals surface area contributed by atoms with E-state index < -0.39 is 5.97 Å². The molecule has 0 saturated carbocycles. The summed E-state index contributed by atoms with van der Waals surface area (Å²) in [7, 11) is 0. The van der Waals surface area contributed by atoms with Gasteiger partial charge in [-0.25, -0.2) is 9.18 Å². The third-order valence-corrected chi connectivity index (χ3v) is 3.79. The smallest absolute Gasteiger partial charge is 0.371 e. The second-order valence-electron chi connectivity index (χ2n) is 5.59. The molecular weight excluding hydrogens is 323 g/mol. The number of furan rings is 1. The topological polar surface area (TPSA) is 59.7 Å². The normalized spacial score (nSPS) is 10.6. The van der Waals surface area contributed by atoms with Crippen LogP contribution in [0.3, 0.4) is 0 Å². The first-order valence-corrected chi connectivity index (χ1v) is 7.89. The van der Waals surface area contributed by atoms with Crippen LogP contribution in [0.5, 0.6) is 5.75 Å². The maximum atomic E-state index is 12.9. The third kappa shape index (κ3) is 4.47. The van der Waals surface area contributed by atoms with Crippen LogP contribution in [0.4, 0.5) is 4.39 Å². The second-order valence-corrected chi connectivity index (χ2v) is 5.59. The highest BCUT2D eigenvalue weighted by molar-refractivity contribution is 5.84. The minimum atomic E-state index is -1.07. The quantitative estimate of drug-likeness (QED) is 0.689. The summed E-state index contributed by atoms with van der Waals surface area (Å²) in [6.45, 7) is 0.348. The molecule has 25 heavy (non-hydrogen) atoms. The molecule has 3 rings (SSSR count). The van der Waals surface area contributed by atoms with Gasteiger partial charge in [-0.2, -0.15) is 0 Å². The third-order valence-electron chi connectivity index (χ3n) is 3.79. The number of benzene rings is 2. The number of rotatable bonds is 7.